The Balaban J connectivity index is 0.00000218. The first kappa shape index (κ1) is 39.1. The number of benzene rings is 4. The van der Waals surface area contributed by atoms with Crippen LogP contribution in [0.4, 0.5) is 0 Å². The number of allylic oxidation sites excluding steroid dienone is 2. The quantitative estimate of drug-likeness (QED) is 0.167. The van der Waals surface area contributed by atoms with E-state index in [2.05, 4.69) is 125 Å². The minimum atomic E-state index is -2.88. The second-order valence-corrected chi connectivity index (χ2v) is 29.1. The minimum Gasteiger partial charge on any atom is -1.00 e. The zero-order chi connectivity index (χ0) is 34.7. The van der Waals surface area contributed by atoms with Crippen molar-refractivity contribution in [3.63, 3.8) is 0 Å². The SMILES string of the molecule is CC(C)c1ccc(-c2cccc3c2C=C(C2CCCCC2)[CH]3[Zr+2]2([CH]3C(C4CCCCC4)=Cc4c(-c5ccc(C(C)C)cc5)cccc43)[CH2][CH2]2)cc1.[Cl-].[Cl-]. The number of hydrogen-bond donors (Lipinski definition) is 0. The average molecular weight is 821 g/mol. The van der Waals surface area contributed by atoms with E-state index in [0.717, 1.165) is 19.1 Å². The summed E-state index contributed by atoms with van der Waals surface area (Å²) in [6, 6.07) is 34.1. The molecule has 276 valence electrons. The Morgan fingerprint density at radius 3 is 1.19 bits per heavy atom. The number of hydrogen-bond acceptors (Lipinski definition) is 0. The van der Waals surface area contributed by atoms with Crippen LogP contribution in [0.5, 0.6) is 0 Å². The molecule has 3 heteroatoms. The van der Waals surface area contributed by atoms with Crippen molar-refractivity contribution < 1.29 is 45.1 Å². The standard InChI is InChI=1S/2C24H27.C2H4.2ClH.Zr/c2*1-17(2)18-11-13-20(14-12-18)23-10-6-9-21-15-22(16-24(21)23)19-7-4-3-5-8-19;1-2;;;/h2*6,9-17,19H,3-5,7-8H2,1-2H3;1-2H2;2*1H;/q;;;;;+2/p-2. The van der Waals surface area contributed by atoms with Crippen LogP contribution in [0.3, 0.4) is 0 Å². The summed E-state index contributed by atoms with van der Waals surface area (Å²) in [6.45, 7) is 9.24. The fourth-order valence-electron chi connectivity index (χ4n) is 11.2. The smallest absolute Gasteiger partial charge is 1.00 e. The average Bonchev–Trinajstić information content (AvgIpc) is 3.69. The molecule has 5 aliphatic rings. The molecule has 53 heavy (non-hydrogen) atoms. The molecule has 0 radical (unpaired) electrons. The van der Waals surface area contributed by atoms with Gasteiger partial charge in [-0.1, -0.05) is 0 Å². The molecule has 2 saturated carbocycles. The topological polar surface area (TPSA) is 0 Å². The van der Waals surface area contributed by atoms with Crippen molar-refractivity contribution in [2.75, 3.05) is 0 Å². The largest absolute Gasteiger partial charge is 1.00 e. The van der Waals surface area contributed by atoms with E-state index in [4.69, 9.17) is 0 Å². The first-order valence-corrected chi connectivity index (χ1v) is 27.1. The van der Waals surface area contributed by atoms with Crippen molar-refractivity contribution in [2.45, 2.75) is 119 Å². The normalized spacial score (nSPS) is 21.5. The maximum Gasteiger partial charge on any atom is -1.00 e. The van der Waals surface area contributed by atoms with Gasteiger partial charge in [0.1, 0.15) is 0 Å². The van der Waals surface area contributed by atoms with Gasteiger partial charge in [0.15, 0.2) is 0 Å². The first-order valence-electron chi connectivity index (χ1n) is 20.8. The summed E-state index contributed by atoms with van der Waals surface area (Å²) in [4.78, 5) is 0. The van der Waals surface area contributed by atoms with Crippen LogP contribution in [0, 0.1) is 11.8 Å². The van der Waals surface area contributed by atoms with Crippen LogP contribution in [-0.2, 0) is 20.3 Å². The summed E-state index contributed by atoms with van der Waals surface area (Å²) < 4.78 is 4.56. The number of fused-ring (bicyclic) bond motifs is 2. The van der Waals surface area contributed by atoms with E-state index in [1.165, 1.54) is 97.6 Å². The van der Waals surface area contributed by atoms with Crippen molar-refractivity contribution in [3.05, 3.63) is 129 Å². The number of halogens is 2. The Hall–Kier alpha value is -2.18. The predicted molar refractivity (Wildman–Crippen MR) is 216 cm³/mol. The molecular weight excluding hydrogens is 763 g/mol. The molecule has 9 rings (SSSR count). The third-order valence-corrected chi connectivity index (χ3v) is 27.0. The summed E-state index contributed by atoms with van der Waals surface area (Å²) in [7, 11) is 0. The van der Waals surface area contributed by atoms with Crippen LogP contribution in [0.2, 0.25) is 8.26 Å². The molecule has 0 bridgehead atoms. The molecule has 0 amide bonds. The van der Waals surface area contributed by atoms with Crippen LogP contribution in [0.25, 0.3) is 34.4 Å². The fraction of sp³-hybridized carbons (Fsp3) is 0.440. The zero-order valence-electron chi connectivity index (χ0n) is 32.4. The summed E-state index contributed by atoms with van der Waals surface area (Å²) in [5, 5.41) is 0. The van der Waals surface area contributed by atoms with Crippen molar-refractivity contribution >= 4 is 12.2 Å². The van der Waals surface area contributed by atoms with Gasteiger partial charge in [0, 0.05) is 0 Å². The van der Waals surface area contributed by atoms with Crippen molar-refractivity contribution in [1.29, 1.82) is 0 Å². The Morgan fingerprint density at radius 2 is 0.849 bits per heavy atom. The Labute approximate surface area is 337 Å². The van der Waals surface area contributed by atoms with Gasteiger partial charge < -0.3 is 24.8 Å². The molecule has 0 N–H and O–H groups in total. The third-order valence-electron chi connectivity index (χ3n) is 14.1. The van der Waals surface area contributed by atoms with E-state index >= 15 is 0 Å². The maximum absolute atomic E-state index is 2.88. The molecule has 4 aromatic carbocycles. The summed E-state index contributed by atoms with van der Waals surface area (Å²) in [5.41, 5.74) is 19.0. The summed E-state index contributed by atoms with van der Waals surface area (Å²) in [6.07, 6.45) is 19.7. The van der Waals surface area contributed by atoms with Crippen LogP contribution >= 0.6 is 0 Å². The van der Waals surface area contributed by atoms with Gasteiger partial charge >= 0.3 is 315 Å². The summed E-state index contributed by atoms with van der Waals surface area (Å²) >= 11 is -2.88. The van der Waals surface area contributed by atoms with Crippen molar-refractivity contribution in [2.24, 2.45) is 11.8 Å². The van der Waals surface area contributed by atoms with Crippen molar-refractivity contribution in [3.8, 4) is 22.3 Å². The van der Waals surface area contributed by atoms with Gasteiger partial charge in [-0.15, -0.1) is 0 Å². The maximum atomic E-state index is 2.80. The molecule has 2 atom stereocenters. The van der Waals surface area contributed by atoms with E-state index in [9.17, 15) is 0 Å². The predicted octanol–water partition coefficient (Wildman–Crippen LogP) is 9.02. The number of rotatable bonds is 8. The van der Waals surface area contributed by atoms with Gasteiger partial charge in [-0.25, -0.2) is 0 Å². The molecule has 4 aromatic rings. The molecule has 0 aromatic heterocycles. The van der Waals surface area contributed by atoms with Crippen LogP contribution < -0.4 is 24.8 Å². The van der Waals surface area contributed by atoms with Gasteiger partial charge in [0.2, 0.25) is 0 Å². The molecule has 1 aliphatic heterocycles. The fourth-order valence-corrected chi connectivity index (χ4v) is 28.9. The van der Waals surface area contributed by atoms with E-state index in [-0.39, 0.29) is 24.8 Å². The third kappa shape index (κ3) is 7.08. The summed E-state index contributed by atoms with van der Waals surface area (Å²) in [5.74, 6) is 2.67. The Bertz CT molecular complexity index is 1820. The van der Waals surface area contributed by atoms with E-state index in [0.29, 0.717) is 11.8 Å². The molecule has 3 fully saturated rings. The molecule has 2 unspecified atom stereocenters. The Kier molecular flexibility index (Phi) is 11.9. The first-order chi connectivity index (χ1) is 24.9. The monoisotopic (exact) mass is 818 g/mol. The molecule has 1 heterocycles. The van der Waals surface area contributed by atoms with Gasteiger partial charge in [0.05, 0.1) is 0 Å². The Morgan fingerprint density at radius 1 is 0.472 bits per heavy atom. The van der Waals surface area contributed by atoms with Crippen LogP contribution in [0.15, 0.2) is 96.1 Å². The van der Waals surface area contributed by atoms with Gasteiger partial charge in [0.25, 0.3) is 0 Å². The van der Waals surface area contributed by atoms with E-state index < -0.39 is 20.3 Å². The van der Waals surface area contributed by atoms with E-state index in [1.807, 2.05) is 11.1 Å². The molecule has 4 aliphatic carbocycles. The minimum absolute atomic E-state index is 0. The zero-order valence-corrected chi connectivity index (χ0v) is 36.4. The van der Waals surface area contributed by atoms with Gasteiger partial charge in [-0.2, -0.15) is 0 Å². The van der Waals surface area contributed by atoms with Crippen LogP contribution in [-0.4, -0.2) is 0 Å². The van der Waals surface area contributed by atoms with Crippen molar-refractivity contribution in [1.82, 2.24) is 0 Å². The molecule has 1 saturated heterocycles. The second kappa shape index (κ2) is 16.1. The molecule has 0 nitrogen and oxygen atoms in total. The van der Waals surface area contributed by atoms with Crippen LogP contribution in [0.1, 0.15) is 144 Å². The van der Waals surface area contributed by atoms with E-state index in [1.54, 1.807) is 30.5 Å². The molecular formula is C50H58Cl2Zr. The van der Waals surface area contributed by atoms with Gasteiger partial charge in [-0.3, -0.25) is 0 Å². The molecule has 0 spiro atoms. The second-order valence-electron chi connectivity index (χ2n) is 17.7. The van der Waals surface area contributed by atoms with Gasteiger partial charge in [-0.05, 0) is 0 Å².